The third-order valence-electron chi connectivity index (χ3n) is 4.52. The largest absolute Gasteiger partial charge is 0.497 e. The van der Waals surface area contributed by atoms with Crippen molar-refractivity contribution in [1.29, 1.82) is 0 Å². The zero-order valence-corrected chi connectivity index (χ0v) is 16.9. The van der Waals surface area contributed by atoms with E-state index in [0.29, 0.717) is 16.9 Å². The standard InChI is InChI=1S/C17H28BNO5S/c1-12(2)11-25(20,21)19-14-8-13(9-15(10-14)22-7)18-23-16(3,4)17(5,6)24-18/h8-10,12,19H,11H2,1-7H3. The normalized spacial score (nSPS) is 19.3. The second-order valence-electron chi connectivity index (χ2n) is 7.86. The summed E-state index contributed by atoms with van der Waals surface area (Å²) in [5.41, 5.74) is 0.195. The number of rotatable bonds is 6. The van der Waals surface area contributed by atoms with Crippen LogP contribution in [0.1, 0.15) is 41.5 Å². The second kappa shape index (κ2) is 6.81. The van der Waals surface area contributed by atoms with E-state index in [1.54, 1.807) is 18.2 Å². The Bertz CT molecular complexity index is 715. The van der Waals surface area contributed by atoms with E-state index in [-0.39, 0.29) is 11.7 Å². The molecule has 1 fully saturated rings. The number of methoxy groups -OCH3 is 1. The fraction of sp³-hybridized carbons (Fsp3) is 0.647. The minimum absolute atomic E-state index is 0.0330. The van der Waals surface area contributed by atoms with Crippen molar-refractivity contribution in [2.75, 3.05) is 17.6 Å². The summed E-state index contributed by atoms with van der Waals surface area (Å²) >= 11 is 0. The number of anilines is 1. The molecule has 0 saturated carbocycles. The van der Waals surface area contributed by atoms with Gasteiger partial charge in [-0.25, -0.2) is 8.42 Å². The van der Waals surface area contributed by atoms with Gasteiger partial charge < -0.3 is 14.0 Å². The van der Waals surface area contributed by atoms with Crippen molar-refractivity contribution < 1.29 is 22.5 Å². The van der Waals surface area contributed by atoms with Gasteiger partial charge >= 0.3 is 7.12 Å². The first-order valence-corrected chi connectivity index (χ1v) is 10.1. The Morgan fingerprint density at radius 2 is 1.68 bits per heavy atom. The van der Waals surface area contributed by atoms with Crippen LogP contribution in [0.3, 0.4) is 0 Å². The van der Waals surface area contributed by atoms with Gasteiger partial charge in [0.25, 0.3) is 0 Å². The summed E-state index contributed by atoms with van der Waals surface area (Å²) in [6.45, 7) is 11.6. The highest BCUT2D eigenvalue weighted by Gasteiger charge is 2.51. The molecule has 2 rings (SSSR count). The van der Waals surface area contributed by atoms with E-state index >= 15 is 0 Å². The average Bonchev–Trinajstić information content (AvgIpc) is 2.65. The van der Waals surface area contributed by atoms with Gasteiger partial charge in [-0.05, 0) is 51.2 Å². The quantitative estimate of drug-likeness (QED) is 0.780. The molecule has 0 aromatic heterocycles. The highest BCUT2D eigenvalue weighted by atomic mass is 32.2. The molecular weight excluding hydrogens is 341 g/mol. The zero-order chi connectivity index (χ0) is 19.0. The Kier molecular flexibility index (Phi) is 5.47. The zero-order valence-electron chi connectivity index (χ0n) is 16.0. The van der Waals surface area contributed by atoms with Crippen LogP contribution in [0.4, 0.5) is 5.69 Å². The number of sulfonamides is 1. The molecule has 1 aliphatic heterocycles. The summed E-state index contributed by atoms with van der Waals surface area (Å²) in [5, 5.41) is 0. The monoisotopic (exact) mass is 369 g/mol. The van der Waals surface area contributed by atoms with Crippen molar-refractivity contribution in [3.63, 3.8) is 0 Å². The molecule has 0 unspecified atom stereocenters. The van der Waals surface area contributed by atoms with Crippen molar-refractivity contribution in [2.24, 2.45) is 5.92 Å². The Morgan fingerprint density at radius 3 is 2.16 bits per heavy atom. The molecule has 140 valence electrons. The molecule has 0 bridgehead atoms. The molecule has 1 aromatic carbocycles. The summed E-state index contributed by atoms with van der Waals surface area (Å²) in [7, 11) is -2.48. The summed E-state index contributed by atoms with van der Waals surface area (Å²) in [6.07, 6.45) is 0. The Balaban J connectivity index is 2.32. The molecule has 0 aliphatic carbocycles. The van der Waals surface area contributed by atoms with Crippen LogP contribution in [0.25, 0.3) is 0 Å². The lowest BCUT2D eigenvalue weighted by atomic mass is 9.79. The van der Waals surface area contributed by atoms with Crippen molar-refractivity contribution in [2.45, 2.75) is 52.7 Å². The smallest absolute Gasteiger partial charge is 0.495 e. The van der Waals surface area contributed by atoms with Crippen LogP contribution >= 0.6 is 0 Å². The van der Waals surface area contributed by atoms with E-state index in [1.165, 1.54) is 7.11 Å². The number of hydrogen-bond acceptors (Lipinski definition) is 5. The number of ether oxygens (including phenoxy) is 1. The van der Waals surface area contributed by atoms with Gasteiger partial charge in [0.2, 0.25) is 10.0 Å². The van der Waals surface area contributed by atoms with E-state index < -0.39 is 28.3 Å². The molecule has 0 amide bonds. The molecule has 1 aliphatic rings. The summed E-state index contributed by atoms with van der Waals surface area (Å²) in [6, 6.07) is 5.16. The molecule has 1 heterocycles. The van der Waals surface area contributed by atoms with Crippen molar-refractivity contribution >= 4 is 28.3 Å². The van der Waals surface area contributed by atoms with Gasteiger partial charge in [-0.2, -0.15) is 0 Å². The van der Waals surface area contributed by atoms with Crippen molar-refractivity contribution in [3.8, 4) is 5.75 Å². The topological polar surface area (TPSA) is 73.9 Å². The van der Waals surface area contributed by atoms with E-state index in [0.717, 1.165) is 0 Å². The lowest BCUT2D eigenvalue weighted by Gasteiger charge is -2.32. The first kappa shape index (κ1) is 20.1. The summed E-state index contributed by atoms with van der Waals surface area (Å²) < 4.78 is 44.5. The fourth-order valence-corrected chi connectivity index (χ4v) is 4.01. The lowest BCUT2D eigenvalue weighted by Crippen LogP contribution is -2.41. The van der Waals surface area contributed by atoms with Gasteiger partial charge in [-0.3, -0.25) is 4.72 Å². The van der Waals surface area contributed by atoms with Crippen molar-refractivity contribution in [1.82, 2.24) is 0 Å². The predicted molar refractivity (Wildman–Crippen MR) is 101 cm³/mol. The molecular formula is C17H28BNO5S. The second-order valence-corrected chi connectivity index (χ2v) is 9.63. The van der Waals surface area contributed by atoms with Crippen molar-refractivity contribution in [3.05, 3.63) is 18.2 Å². The van der Waals surface area contributed by atoms with E-state index in [4.69, 9.17) is 14.0 Å². The van der Waals surface area contributed by atoms with Gasteiger partial charge in [0.15, 0.2) is 0 Å². The van der Waals surface area contributed by atoms with Crippen LogP contribution in [-0.4, -0.2) is 39.6 Å². The number of benzene rings is 1. The fourth-order valence-electron chi connectivity index (χ4n) is 2.57. The Labute approximate surface area is 151 Å². The maximum Gasteiger partial charge on any atom is 0.495 e. The maximum atomic E-state index is 12.2. The van der Waals surface area contributed by atoms with Crippen LogP contribution in [-0.2, 0) is 19.3 Å². The average molecular weight is 369 g/mol. The predicted octanol–water partition coefficient (Wildman–Crippen LogP) is 2.39. The van der Waals surface area contributed by atoms with E-state index in [1.807, 2.05) is 41.5 Å². The number of nitrogens with one attached hydrogen (secondary N) is 1. The van der Waals surface area contributed by atoms with E-state index in [9.17, 15) is 8.42 Å². The minimum atomic E-state index is -3.43. The molecule has 0 radical (unpaired) electrons. The molecule has 1 saturated heterocycles. The molecule has 1 N–H and O–H groups in total. The van der Waals surface area contributed by atoms with Crippen LogP contribution in [0.5, 0.6) is 5.75 Å². The van der Waals surface area contributed by atoms with Gasteiger partial charge in [0.1, 0.15) is 5.75 Å². The molecule has 6 nitrogen and oxygen atoms in total. The van der Waals surface area contributed by atoms with Crippen LogP contribution in [0, 0.1) is 5.92 Å². The van der Waals surface area contributed by atoms with E-state index in [2.05, 4.69) is 4.72 Å². The van der Waals surface area contributed by atoms with Crippen LogP contribution < -0.4 is 14.9 Å². The Hall–Kier alpha value is -1.25. The van der Waals surface area contributed by atoms with Gasteiger partial charge in [-0.15, -0.1) is 0 Å². The highest BCUT2D eigenvalue weighted by Crippen LogP contribution is 2.37. The molecule has 1 aromatic rings. The van der Waals surface area contributed by atoms with Crippen LogP contribution in [0.15, 0.2) is 18.2 Å². The third-order valence-corrected chi connectivity index (χ3v) is 6.17. The first-order chi connectivity index (χ1) is 11.4. The number of hydrogen-bond donors (Lipinski definition) is 1. The minimum Gasteiger partial charge on any atom is -0.497 e. The lowest BCUT2D eigenvalue weighted by molar-refractivity contribution is 0.00578. The highest BCUT2D eigenvalue weighted by molar-refractivity contribution is 7.92. The van der Waals surface area contributed by atoms with Gasteiger partial charge in [0, 0.05) is 6.07 Å². The third kappa shape index (κ3) is 4.68. The van der Waals surface area contributed by atoms with Gasteiger partial charge in [-0.1, -0.05) is 13.8 Å². The summed E-state index contributed by atoms with van der Waals surface area (Å²) in [5.74, 6) is 0.621. The molecule has 0 spiro atoms. The first-order valence-electron chi connectivity index (χ1n) is 8.40. The molecule has 8 heteroatoms. The Morgan fingerprint density at radius 1 is 1.12 bits per heavy atom. The maximum absolute atomic E-state index is 12.2. The molecule has 0 atom stereocenters. The van der Waals surface area contributed by atoms with Gasteiger partial charge in [0.05, 0.1) is 29.8 Å². The SMILES string of the molecule is COc1cc(NS(=O)(=O)CC(C)C)cc(B2OC(C)(C)C(C)(C)O2)c1. The summed E-state index contributed by atoms with van der Waals surface area (Å²) in [4.78, 5) is 0. The molecule has 25 heavy (non-hydrogen) atoms. The van der Waals surface area contributed by atoms with Crippen LogP contribution in [0.2, 0.25) is 0 Å².